The SMILES string of the molecule is O=C1NC[C@H](C(=O)N2CCC[C@H]2CCc2ccccc2)N1. The monoisotopic (exact) mass is 287 g/mol. The maximum Gasteiger partial charge on any atom is 0.315 e. The molecule has 2 aliphatic rings. The minimum atomic E-state index is -0.394. The molecular formula is C16H21N3O2. The van der Waals surface area contributed by atoms with Gasteiger partial charge in [0.1, 0.15) is 6.04 Å². The molecule has 0 aromatic heterocycles. The van der Waals surface area contributed by atoms with E-state index >= 15 is 0 Å². The fourth-order valence-electron chi connectivity index (χ4n) is 3.21. The van der Waals surface area contributed by atoms with E-state index in [9.17, 15) is 9.59 Å². The number of urea groups is 1. The molecule has 0 radical (unpaired) electrons. The second-order valence-corrected chi connectivity index (χ2v) is 5.76. The fourth-order valence-corrected chi connectivity index (χ4v) is 3.21. The standard InChI is InChI=1S/C16H21N3O2/c20-15(14-11-17-16(21)18-14)19-10-4-7-13(19)9-8-12-5-2-1-3-6-12/h1-3,5-6,13-14H,4,7-11H2,(H2,17,18,21)/t13-,14+/m0/s1. The van der Waals surface area contributed by atoms with Gasteiger partial charge in [-0.2, -0.15) is 0 Å². The topological polar surface area (TPSA) is 61.4 Å². The van der Waals surface area contributed by atoms with E-state index in [1.165, 1.54) is 5.56 Å². The number of hydrogen-bond donors (Lipinski definition) is 2. The Morgan fingerprint density at radius 1 is 1.29 bits per heavy atom. The van der Waals surface area contributed by atoms with Crippen LogP contribution in [0.3, 0.4) is 0 Å². The smallest absolute Gasteiger partial charge is 0.315 e. The number of hydrogen-bond acceptors (Lipinski definition) is 2. The van der Waals surface area contributed by atoms with Gasteiger partial charge in [0.25, 0.3) is 0 Å². The van der Waals surface area contributed by atoms with Gasteiger partial charge in [0.2, 0.25) is 5.91 Å². The zero-order valence-corrected chi connectivity index (χ0v) is 12.0. The average molecular weight is 287 g/mol. The number of likely N-dealkylation sites (tertiary alicyclic amines) is 1. The Hall–Kier alpha value is -2.04. The van der Waals surface area contributed by atoms with Crippen molar-refractivity contribution in [3.63, 3.8) is 0 Å². The van der Waals surface area contributed by atoms with E-state index in [-0.39, 0.29) is 11.9 Å². The Morgan fingerprint density at radius 3 is 2.81 bits per heavy atom. The number of aryl methyl sites for hydroxylation is 1. The van der Waals surface area contributed by atoms with Crippen molar-refractivity contribution in [3.8, 4) is 0 Å². The Labute approximate surface area is 124 Å². The van der Waals surface area contributed by atoms with Crippen molar-refractivity contribution in [2.45, 2.75) is 37.8 Å². The quantitative estimate of drug-likeness (QED) is 0.876. The predicted octanol–water partition coefficient (Wildman–Crippen LogP) is 1.29. The molecule has 5 heteroatoms. The van der Waals surface area contributed by atoms with Crippen molar-refractivity contribution in [3.05, 3.63) is 35.9 Å². The van der Waals surface area contributed by atoms with Crippen molar-refractivity contribution < 1.29 is 9.59 Å². The Kier molecular flexibility index (Phi) is 4.08. The van der Waals surface area contributed by atoms with Crippen molar-refractivity contribution >= 4 is 11.9 Å². The predicted molar refractivity (Wildman–Crippen MR) is 79.8 cm³/mol. The zero-order valence-electron chi connectivity index (χ0n) is 12.0. The molecule has 2 heterocycles. The van der Waals surface area contributed by atoms with E-state index in [4.69, 9.17) is 0 Å². The molecule has 2 saturated heterocycles. The lowest BCUT2D eigenvalue weighted by Gasteiger charge is -2.27. The van der Waals surface area contributed by atoms with Gasteiger partial charge in [0.15, 0.2) is 0 Å². The number of rotatable bonds is 4. The lowest BCUT2D eigenvalue weighted by molar-refractivity contribution is -0.133. The third kappa shape index (κ3) is 3.17. The molecule has 5 nitrogen and oxygen atoms in total. The summed E-state index contributed by atoms with van der Waals surface area (Å²) in [5.41, 5.74) is 1.31. The lowest BCUT2D eigenvalue weighted by atomic mass is 10.0. The summed E-state index contributed by atoms with van der Waals surface area (Å²) in [6, 6.07) is 10.0. The maximum absolute atomic E-state index is 12.5. The molecule has 0 bridgehead atoms. The van der Waals surface area contributed by atoms with Gasteiger partial charge in [0, 0.05) is 19.1 Å². The Morgan fingerprint density at radius 2 is 2.10 bits per heavy atom. The van der Waals surface area contributed by atoms with E-state index in [0.717, 1.165) is 32.2 Å². The normalized spacial score (nSPS) is 24.8. The number of nitrogens with one attached hydrogen (secondary N) is 2. The largest absolute Gasteiger partial charge is 0.338 e. The van der Waals surface area contributed by atoms with Gasteiger partial charge in [-0.25, -0.2) is 4.79 Å². The molecule has 0 unspecified atom stereocenters. The Bertz CT molecular complexity index is 518. The molecule has 2 fully saturated rings. The van der Waals surface area contributed by atoms with E-state index in [2.05, 4.69) is 22.8 Å². The highest BCUT2D eigenvalue weighted by Gasteiger charge is 2.35. The molecule has 0 saturated carbocycles. The molecule has 2 aliphatic heterocycles. The molecule has 0 aliphatic carbocycles. The van der Waals surface area contributed by atoms with Crippen LogP contribution in [0.25, 0.3) is 0 Å². The van der Waals surface area contributed by atoms with Gasteiger partial charge in [-0.3, -0.25) is 4.79 Å². The fraction of sp³-hybridized carbons (Fsp3) is 0.500. The summed E-state index contributed by atoms with van der Waals surface area (Å²) in [6.07, 6.45) is 4.10. The third-order valence-corrected chi connectivity index (χ3v) is 4.34. The second kappa shape index (κ2) is 6.16. The molecule has 3 amide bonds. The maximum atomic E-state index is 12.5. The van der Waals surface area contributed by atoms with Crippen molar-refractivity contribution in [2.24, 2.45) is 0 Å². The Balaban J connectivity index is 1.57. The molecule has 1 aromatic rings. The van der Waals surface area contributed by atoms with Crippen LogP contribution in [0.15, 0.2) is 30.3 Å². The first kappa shape index (κ1) is 13.9. The molecule has 1 aromatic carbocycles. The molecule has 0 spiro atoms. The molecule has 2 atom stereocenters. The lowest BCUT2D eigenvalue weighted by Crippen LogP contribution is -2.47. The van der Waals surface area contributed by atoms with Gasteiger partial charge >= 0.3 is 6.03 Å². The van der Waals surface area contributed by atoms with Crippen LogP contribution in [0.2, 0.25) is 0 Å². The van der Waals surface area contributed by atoms with E-state index in [0.29, 0.717) is 12.6 Å². The highest BCUT2D eigenvalue weighted by Crippen LogP contribution is 2.23. The van der Waals surface area contributed by atoms with Crippen LogP contribution in [0.5, 0.6) is 0 Å². The van der Waals surface area contributed by atoms with E-state index in [1.807, 2.05) is 23.1 Å². The van der Waals surface area contributed by atoms with Gasteiger partial charge in [-0.15, -0.1) is 0 Å². The van der Waals surface area contributed by atoms with Crippen LogP contribution < -0.4 is 10.6 Å². The van der Waals surface area contributed by atoms with E-state index < -0.39 is 6.04 Å². The van der Waals surface area contributed by atoms with Gasteiger partial charge < -0.3 is 15.5 Å². The molecule has 3 rings (SSSR count). The number of carbonyl (C=O) groups is 2. The molecule has 112 valence electrons. The molecule has 21 heavy (non-hydrogen) atoms. The molecular weight excluding hydrogens is 266 g/mol. The summed E-state index contributed by atoms with van der Waals surface area (Å²) < 4.78 is 0. The van der Waals surface area contributed by atoms with Crippen LogP contribution >= 0.6 is 0 Å². The van der Waals surface area contributed by atoms with Crippen LogP contribution in [0, 0.1) is 0 Å². The summed E-state index contributed by atoms with van der Waals surface area (Å²) in [5.74, 6) is 0.0592. The number of benzene rings is 1. The van der Waals surface area contributed by atoms with Crippen LogP contribution in [-0.4, -0.2) is 42.0 Å². The number of amides is 3. The summed E-state index contributed by atoms with van der Waals surface area (Å²) in [6.45, 7) is 1.21. The average Bonchev–Trinajstić information content (AvgIpc) is 3.14. The van der Waals surface area contributed by atoms with E-state index in [1.54, 1.807) is 0 Å². The third-order valence-electron chi connectivity index (χ3n) is 4.34. The summed E-state index contributed by atoms with van der Waals surface area (Å²) >= 11 is 0. The van der Waals surface area contributed by atoms with Crippen molar-refractivity contribution in [1.29, 1.82) is 0 Å². The van der Waals surface area contributed by atoms with Crippen LogP contribution in [0.4, 0.5) is 4.79 Å². The van der Waals surface area contributed by atoms with Gasteiger partial charge in [-0.05, 0) is 31.2 Å². The van der Waals surface area contributed by atoms with Crippen LogP contribution in [0.1, 0.15) is 24.8 Å². The van der Waals surface area contributed by atoms with Gasteiger partial charge in [-0.1, -0.05) is 30.3 Å². The van der Waals surface area contributed by atoms with Crippen molar-refractivity contribution in [1.82, 2.24) is 15.5 Å². The highest BCUT2D eigenvalue weighted by atomic mass is 16.2. The number of nitrogens with zero attached hydrogens (tertiary/aromatic N) is 1. The molecule has 2 N–H and O–H groups in total. The van der Waals surface area contributed by atoms with Crippen molar-refractivity contribution in [2.75, 3.05) is 13.1 Å². The van der Waals surface area contributed by atoms with Crippen LogP contribution in [-0.2, 0) is 11.2 Å². The minimum Gasteiger partial charge on any atom is -0.338 e. The zero-order chi connectivity index (χ0) is 14.7. The highest BCUT2D eigenvalue weighted by molar-refractivity contribution is 5.90. The first-order valence-electron chi connectivity index (χ1n) is 7.63. The van der Waals surface area contributed by atoms with Gasteiger partial charge in [0.05, 0.1) is 0 Å². The first-order chi connectivity index (χ1) is 10.2. The summed E-state index contributed by atoms with van der Waals surface area (Å²) in [7, 11) is 0. The minimum absolute atomic E-state index is 0.0592. The number of carbonyl (C=O) groups excluding carboxylic acids is 2. The summed E-state index contributed by atoms with van der Waals surface area (Å²) in [4.78, 5) is 25.6. The second-order valence-electron chi connectivity index (χ2n) is 5.76. The summed E-state index contributed by atoms with van der Waals surface area (Å²) in [5, 5.41) is 5.33. The first-order valence-corrected chi connectivity index (χ1v) is 7.63.